The molecule has 0 aliphatic carbocycles. The van der Waals surface area contributed by atoms with E-state index >= 15 is 0 Å². The minimum absolute atomic E-state index is 0.0746. The van der Waals surface area contributed by atoms with Crippen molar-refractivity contribution in [2.24, 2.45) is 0 Å². The number of benzene rings is 2. The molecule has 26 heavy (non-hydrogen) atoms. The second-order valence-electron chi connectivity index (χ2n) is 5.33. The number of thiazole rings is 2. The Balaban J connectivity index is 1.36. The molecule has 8 heteroatoms. The molecule has 0 unspecified atom stereocenters. The van der Waals surface area contributed by atoms with Gasteiger partial charge in [-0.15, -0.1) is 11.3 Å². The Morgan fingerprint density at radius 1 is 1.12 bits per heavy atom. The van der Waals surface area contributed by atoms with Gasteiger partial charge in [0, 0.05) is 15.4 Å². The molecule has 2 heterocycles. The number of halogens is 1. The van der Waals surface area contributed by atoms with E-state index in [0.29, 0.717) is 10.9 Å². The van der Waals surface area contributed by atoms with E-state index in [2.05, 4.69) is 31.2 Å². The Morgan fingerprint density at radius 2 is 1.92 bits per heavy atom. The molecule has 2 aromatic heterocycles. The van der Waals surface area contributed by atoms with Crippen molar-refractivity contribution >= 4 is 71.6 Å². The highest BCUT2D eigenvalue weighted by molar-refractivity contribution is 9.10. The lowest BCUT2D eigenvalue weighted by atomic mass is 10.2. The van der Waals surface area contributed by atoms with Crippen molar-refractivity contribution in [3.8, 4) is 11.3 Å². The number of hydrogen-bond donors (Lipinski definition) is 1. The van der Waals surface area contributed by atoms with E-state index in [1.807, 2.05) is 53.9 Å². The largest absolute Gasteiger partial charge is 0.301 e. The van der Waals surface area contributed by atoms with Crippen molar-refractivity contribution in [3.05, 3.63) is 58.4 Å². The molecule has 0 fully saturated rings. The molecule has 0 bridgehead atoms. The van der Waals surface area contributed by atoms with Gasteiger partial charge in [-0.1, -0.05) is 63.3 Å². The zero-order valence-electron chi connectivity index (χ0n) is 13.3. The number of hydrogen-bond acceptors (Lipinski definition) is 6. The highest BCUT2D eigenvalue weighted by atomic mass is 79.9. The second-order valence-corrected chi connectivity index (χ2v) is 9.36. The predicted octanol–water partition coefficient (Wildman–Crippen LogP) is 5.91. The molecular weight excluding hydrogens is 450 g/mol. The number of carbonyl (C=O) groups excluding carboxylic acids is 1. The van der Waals surface area contributed by atoms with Crippen LogP contribution >= 0.6 is 50.4 Å². The molecule has 1 amide bonds. The number of nitrogens with one attached hydrogen (secondary N) is 1. The summed E-state index contributed by atoms with van der Waals surface area (Å²) in [6, 6.07) is 15.9. The smallest absolute Gasteiger partial charge is 0.236 e. The van der Waals surface area contributed by atoms with Gasteiger partial charge < -0.3 is 5.32 Å². The number of nitrogens with zero attached hydrogens (tertiary/aromatic N) is 2. The summed E-state index contributed by atoms with van der Waals surface area (Å²) < 4.78 is 2.98. The monoisotopic (exact) mass is 461 g/mol. The molecule has 0 radical (unpaired) electrons. The summed E-state index contributed by atoms with van der Waals surface area (Å²) in [6.07, 6.45) is 0. The molecule has 2 aromatic carbocycles. The van der Waals surface area contributed by atoms with E-state index in [-0.39, 0.29) is 5.91 Å². The summed E-state index contributed by atoms with van der Waals surface area (Å²) >= 11 is 7.90. The molecule has 0 aliphatic heterocycles. The number of rotatable bonds is 5. The Hall–Kier alpha value is -1.74. The van der Waals surface area contributed by atoms with Crippen LogP contribution in [0, 0.1) is 0 Å². The summed E-state index contributed by atoms with van der Waals surface area (Å²) in [5.74, 6) is 0.234. The standard InChI is InChI=1S/C18H12BrN3OS3/c19-12-7-5-11(6-8-12)14-9-24-18(21-14)25-10-16(23)22-17-20-13-3-1-2-4-15(13)26-17/h1-9H,10H2,(H,20,22,23). The SMILES string of the molecule is O=C(CSc1nc(-c2ccc(Br)cc2)cs1)Nc1nc2ccccc2s1. The van der Waals surface area contributed by atoms with Gasteiger partial charge in [0.25, 0.3) is 0 Å². The zero-order valence-corrected chi connectivity index (χ0v) is 17.3. The van der Waals surface area contributed by atoms with E-state index in [0.717, 1.165) is 30.3 Å². The van der Waals surface area contributed by atoms with Crippen LogP contribution in [0.15, 0.2) is 62.7 Å². The first-order chi connectivity index (χ1) is 12.7. The molecule has 1 N–H and O–H groups in total. The average molecular weight is 462 g/mol. The van der Waals surface area contributed by atoms with Crippen molar-refractivity contribution in [1.82, 2.24) is 9.97 Å². The molecule has 0 atom stereocenters. The van der Waals surface area contributed by atoms with E-state index < -0.39 is 0 Å². The van der Waals surface area contributed by atoms with E-state index in [4.69, 9.17) is 0 Å². The maximum atomic E-state index is 12.2. The number of carbonyl (C=O) groups is 1. The predicted molar refractivity (Wildman–Crippen MR) is 114 cm³/mol. The molecule has 4 rings (SSSR count). The fourth-order valence-electron chi connectivity index (χ4n) is 2.29. The lowest BCUT2D eigenvalue weighted by Gasteiger charge is -1.99. The molecule has 4 aromatic rings. The third-order valence-electron chi connectivity index (χ3n) is 3.49. The van der Waals surface area contributed by atoms with Crippen molar-refractivity contribution in [2.45, 2.75) is 4.34 Å². The van der Waals surface area contributed by atoms with Gasteiger partial charge in [0.2, 0.25) is 5.91 Å². The lowest BCUT2D eigenvalue weighted by Crippen LogP contribution is -2.13. The summed E-state index contributed by atoms with van der Waals surface area (Å²) in [5.41, 5.74) is 2.89. The van der Waals surface area contributed by atoms with Crippen LogP contribution in [0.5, 0.6) is 0 Å². The molecule has 130 valence electrons. The van der Waals surface area contributed by atoms with Gasteiger partial charge in [-0.3, -0.25) is 4.79 Å². The molecule has 0 spiro atoms. The zero-order chi connectivity index (χ0) is 17.9. The first-order valence-electron chi connectivity index (χ1n) is 7.67. The van der Waals surface area contributed by atoms with Crippen LogP contribution in [0.2, 0.25) is 0 Å². The van der Waals surface area contributed by atoms with Crippen LogP contribution in [-0.4, -0.2) is 21.6 Å². The fraction of sp³-hybridized carbons (Fsp3) is 0.0556. The van der Waals surface area contributed by atoms with Crippen LogP contribution in [0.1, 0.15) is 0 Å². The molecule has 0 saturated carbocycles. The number of thioether (sulfide) groups is 1. The van der Waals surface area contributed by atoms with Gasteiger partial charge in [-0.25, -0.2) is 9.97 Å². The Bertz CT molecular complexity index is 1030. The highest BCUT2D eigenvalue weighted by Gasteiger charge is 2.10. The normalized spacial score (nSPS) is 11.0. The van der Waals surface area contributed by atoms with Gasteiger partial charge >= 0.3 is 0 Å². The summed E-state index contributed by atoms with van der Waals surface area (Å²) in [7, 11) is 0. The minimum atomic E-state index is -0.0746. The van der Waals surface area contributed by atoms with Crippen LogP contribution in [-0.2, 0) is 4.79 Å². The van der Waals surface area contributed by atoms with Crippen LogP contribution < -0.4 is 5.32 Å². The van der Waals surface area contributed by atoms with Gasteiger partial charge in [-0.2, -0.15) is 0 Å². The van der Waals surface area contributed by atoms with Crippen molar-refractivity contribution in [2.75, 3.05) is 11.1 Å². The van der Waals surface area contributed by atoms with Crippen molar-refractivity contribution in [1.29, 1.82) is 0 Å². The topological polar surface area (TPSA) is 54.9 Å². The number of anilines is 1. The number of fused-ring (bicyclic) bond motifs is 1. The fourth-order valence-corrected chi connectivity index (χ4v) is 5.07. The van der Waals surface area contributed by atoms with Crippen molar-refractivity contribution < 1.29 is 4.79 Å². The Labute approximate surface area is 170 Å². The summed E-state index contributed by atoms with van der Waals surface area (Å²) in [4.78, 5) is 21.2. The number of amides is 1. The van der Waals surface area contributed by atoms with Crippen LogP contribution in [0.3, 0.4) is 0 Å². The number of para-hydroxylation sites is 1. The van der Waals surface area contributed by atoms with E-state index in [1.165, 1.54) is 23.1 Å². The molecule has 0 saturated heterocycles. The number of aromatic nitrogens is 2. The lowest BCUT2D eigenvalue weighted by molar-refractivity contribution is -0.113. The maximum Gasteiger partial charge on any atom is 0.236 e. The second kappa shape index (κ2) is 7.87. The Morgan fingerprint density at radius 3 is 2.73 bits per heavy atom. The first kappa shape index (κ1) is 17.7. The van der Waals surface area contributed by atoms with Gasteiger partial charge in [0.05, 0.1) is 21.7 Å². The van der Waals surface area contributed by atoms with Gasteiger partial charge in [0.1, 0.15) is 0 Å². The highest BCUT2D eigenvalue weighted by Crippen LogP contribution is 2.30. The van der Waals surface area contributed by atoms with Crippen molar-refractivity contribution in [3.63, 3.8) is 0 Å². The summed E-state index contributed by atoms with van der Waals surface area (Å²) in [6.45, 7) is 0. The van der Waals surface area contributed by atoms with Gasteiger partial charge in [-0.05, 0) is 24.3 Å². The average Bonchev–Trinajstić information content (AvgIpc) is 3.27. The summed E-state index contributed by atoms with van der Waals surface area (Å²) in [5, 5.41) is 5.51. The van der Waals surface area contributed by atoms with Crippen LogP contribution in [0.25, 0.3) is 21.5 Å². The first-order valence-corrected chi connectivity index (χ1v) is 11.1. The van der Waals surface area contributed by atoms with E-state index in [1.54, 1.807) is 11.3 Å². The molecule has 4 nitrogen and oxygen atoms in total. The Kier molecular flexibility index (Phi) is 5.35. The third-order valence-corrected chi connectivity index (χ3v) is 6.99. The minimum Gasteiger partial charge on any atom is -0.301 e. The quantitative estimate of drug-likeness (QED) is 0.375. The third kappa shape index (κ3) is 4.15. The molecular formula is C18H12BrN3OS3. The van der Waals surface area contributed by atoms with Gasteiger partial charge in [0.15, 0.2) is 9.47 Å². The van der Waals surface area contributed by atoms with Crippen LogP contribution in [0.4, 0.5) is 5.13 Å². The maximum absolute atomic E-state index is 12.2. The molecule has 0 aliphatic rings. The van der Waals surface area contributed by atoms with E-state index in [9.17, 15) is 4.79 Å².